The van der Waals surface area contributed by atoms with Crippen LogP contribution in [0, 0.1) is 5.92 Å². The highest BCUT2D eigenvalue weighted by Gasteiger charge is 2.26. The maximum Gasteiger partial charge on any atom is 0.180 e. The van der Waals surface area contributed by atoms with E-state index in [2.05, 4.69) is 27.1 Å². The van der Waals surface area contributed by atoms with Crippen LogP contribution in [0.5, 0.6) is 0 Å². The standard InChI is InChI=1S/C13H19N5O/c1-9-3-5-17(7-10(9)19)13-12-15-4-6-18(12)8-11(14-2)16-13/h4,6,8-10,14,19H,3,5,7H2,1-2H3. The fraction of sp³-hybridized carbons (Fsp3) is 0.538. The number of imidazole rings is 1. The minimum atomic E-state index is -0.302. The molecule has 6 heteroatoms. The summed E-state index contributed by atoms with van der Waals surface area (Å²) in [4.78, 5) is 11.1. The molecule has 3 rings (SSSR count). The van der Waals surface area contributed by atoms with Crippen LogP contribution in [0.2, 0.25) is 0 Å². The molecule has 19 heavy (non-hydrogen) atoms. The monoisotopic (exact) mass is 261 g/mol. The first kappa shape index (κ1) is 12.2. The minimum Gasteiger partial charge on any atom is -0.391 e. The van der Waals surface area contributed by atoms with Crippen molar-refractivity contribution in [2.24, 2.45) is 5.92 Å². The van der Waals surface area contributed by atoms with E-state index in [0.29, 0.717) is 12.5 Å². The molecule has 2 unspecified atom stereocenters. The Morgan fingerprint density at radius 1 is 1.47 bits per heavy atom. The summed E-state index contributed by atoms with van der Waals surface area (Å²) in [6, 6.07) is 0. The summed E-state index contributed by atoms with van der Waals surface area (Å²) in [5.41, 5.74) is 0.834. The molecule has 2 aromatic heterocycles. The first-order valence-electron chi connectivity index (χ1n) is 6.63. The molecule has 0 spiro atoms. The van der Waals surface area contributed by atoms with Crippen molar-refractivity contribution in [2.45, 2.75) is 19.4 Å². The van der Waals surface area contributed by atoms with Crippen LogP contribution in [0.15, 0.2) is 18.6 Å². The Labute approximate surface area is 112 Å². The van der Waals surface area contributed by atoms with Crippen LogP contribution in [0.25, 0.3) is 5.65 Å². The summed E-state index contributed by atoms with van der Waals surface area (Å²) in [6.45, 7) is 3.61. The highest BCUT2D eigenvalue weighted by atomic mass is 16.3. The third-order valence-electron chi connectivity index (χ3n) is 3.83. The Morgan fingerprint density at radius 3 is 3.05 bits per heavy atom. The zero-order valence-electron chi connectivity index (χ0n) is 11.2. The van der Waals surface area contributed by atoms with Gasteiger partial charge in [-0.05, 0) is 12.3 Å². The molecule has 102 valence electrons. The van der Waals surface area contributed by atoms with Crippen LogP contribution in [-0.4, -0.2) is 45.7 Å². The zero-order chi connectivity index (χ0) is 13.4. The Kier molecular flexibility index (Phi) is 3.02. The molecule has 0 aliphatic carbocycles. The van der Waals surface area contributed by atoms with Gasteiger partial charge in [-0.25, -0.2) is 9.97 Å². The number of hydrogen-bond acceptors (Lipinski definition) is 5. The van der Waals surface area contributed by atoms with Crippen molar-refractivity contribution in [3.05, 3.63) is 18.6 Å². The molecule has 6 nitrogen and oxygen atoms in total. The van der Waals surface area contributed by atoms with Crippen molar-refractivity contribution in [2.75, 3.05) is 30.4 Å². The van der Waals surface area contributed by atoms with E-state index < -0.39 is 0 Å². The average Bonchev–Trinajstić information content (AvgIpc) is 2.89. The van der Waals surface area contributed by atoms with E-state index in [1.165, 1.54) is 0 Å². The van der Waals surface area contributed by atoms with Gasteiger partial charge in [0, 0.05) is 32.5 Å². The van der Waals surface area contributed by atoms with E-state index in [4.69, 9.17) is 0 Å². The summed E-state index contributed by atoms with van der Waals surface area (Å²) in [5.74, 6) is 1.98. The number of hydrogen-bond donors (Lipinski definition) is 2. The molecule has 0 amide bonds. The lowest BCUT2D eigenvalue weighted by Crippen LogP contribution is -2.43. The Bertz CT molecular complexity index is 581. The van der Waals surface area contributed by atoms with Gasteiger partial charge in [-0.3, -0.25) is 0 Å². The number of rotatable bonds is 2. The Morgan fingerprint density at radius 2 is 2.32 bits per heavy atom. The van der Waals surface area contributed by atoms with Crippen molar-refractivity contribution in [3.63, 3.8) is 0 Å². The molecule has 2 atom stereocenters. The first-order valence-corrected chi connectivity index (χ1v) is 6.63. The second-order valence-electron chi connectivity index (χ2n) is 5.14. The lowest BCUT2D eigenvalue weighted by atomic mass is 9.96. The van der Waals surface area contributed by atoms with Crippen LogP contribution in [0.1, 0.15) is 13.3 Å². The smallest absolute Gasteiger partial charge is 0.180 e. The van der Waals surface area contributed by atoms with Crippen molar-refractivity contribution in [1.82, 2.24) is 14.4 Å². The number of aliphatic hydroxyl groups is 1. The summed E-state index contributed by atoms with van der Waals surface area (Å²) in [6.07, 6.45) is 6.26. The van der Waals surface area contributed by atoms with Gasteiger partial charge in [-0.1, -0.05) is 6.92 Å². The molecule has 0 saturated carbocycles. The number of β-amino-alcohol motifs (C(OH)–C–C–N with tert-alkyl or cyclic N) is 1. The summed E-state index contributed by atoms with van der Waals surface area (Å²) in [7, 11) is 1.85. The lowest BCUT2D eigenvalue weighted by molar-refractivity contribution is 0.102. The Hall–Kier alpha value is -1.82. The fourth-order valence-electron chi connectivity index (χ4n) is 2.49. The van der Waals surface area contributed by atoms with E-state index in [1.807, 2.05) is 23.8 Å². The van der Waals surface area contributed by atoms with Crippen LogP contribution in [-0.2, 0) is 0 Å². The number of piperidine rings is 1. The van der Waals surface area contributed by atoms with E-state index >= 15 is 0 Å². The number of aliphatic hydroxyl groups excluding tert-OH is 1. The van der Waals surface area contributed by atoms with Crippen LogP contribution < -0.4 is 10.2 Å². The molecule has 2 N–H and O–H groups in total. The second-order valence-corrected chi connectivity index (χ2v) is 5.14. The maximum atomic E-state index is 10.0. The van der Waals surface area contributed by atoms with Crippen LogP contribution >= 0.6 is 0 Å². The number of nitrogens with one attached hydrogen (secondary N) is 1. The van der Waals surface area contributed by atoms with Crippen molar-refractivity contribution in [1.29, 1.82) is 0 Å². The van der Waals surface area contributed by atoms with E-state index in [1.54, 1.807) is 6.20 Å². The lowest BCUT2D eigenvalue weighted by Gasteiger charge is -2.35. The molecule has 1 aliphatic heterocycles. The van der Waals surface area contributed by atoms with Crippen LogP contribution in [0.3, 0.4) is 0 Å². The van der Waals surface area contributed by atoms with Gasteiger partial charge in [0.05, 0.1) is 12.3 Å². The van der Waals surface area contributed by atoms with Gasteiger partial charge in [0.2, 0.25) is 0 Å². The Balaban J connectivity index is 2.01. The average molecular weight is 261 g/mol. The molecule has 0 aromatic carbocycles. The third-order valence-corrected chi connectivity index (χ3v) is 3.83. The zero-order valence-corrected chi connectivity index (χ0v) is 11.2. The topological polar surface area (TPSA) is 65.7 Å². The normalized spacial score (nSPS) is 23.8. The maximum absolute atomic E-state index is 10.0. The van der Waals surface area contributed by atoms with Crippen molar-refractivity contribution in [3.8, 4) is 0 Å². The van der Waals surface area contributed by atoms with Crippen molar-refractivity contribution < 1.29 is 5.11 Å². The van der Waals surface area contributed by atoms with Gasteiger partial charge in [0.25, 0.3) is 0 Å². The predicted molar refractivity (Wildman–Crippen MR) is 74.5 cm³/mol. The molecule has 1 saturated heterocycles. The molecule has 2 aromatic rings. The van der Waals surface area contributed by atoms with Gasteiger partial charge >= 0.3 is 0 Å². The summed E-state index contributed by atoms with van der Waals surface area (Å²) < 4.78 is 1.96. The highest BCUT2D eigenvalue weighted by Crippen LogP contribution is 2.26. The van der Waals surface area contributed by atoms with Crippen LogP contribution in [0.4, 0.5) is 11.6 Å². The number of nitrogens with zero attached hydrogens (tertiary/aromatic N) is 4. The van der Waals surface area contributed by atoms with E-state index in [0.717, 1.165) is 30.2 Å². The number of fused-ring (bicyclic) bond motifs is 1. The largest absolute Gasteiger partial charge is 0.391 e. The number of aromatic nitrogens is 3. The molecule has 0 bridgehead atoms. The van der Waals surface area contributed by atoms with Gasteiger partial charge in [0.1, 0.15) is 5.82 Å². The van der Waals surface area contributed by atoms with Crippen molar-refractivity contribution >= 4 is 17.3 Å². The predicted octanol–water partition coefficient (Wildman–Crippen LogP) is 0.978. The van der Waals surface area contributed by atoms with Gasteiger partial charge in [0.15, 0.2) is 11.5 Å². The van der Waals surface area contributed by atoms with Gasteiger partial charge in [-0.2, -0.15) is 0 Å². The van der Waals surface area contributed by atoms with Gasteiger partial charge in [-0.15, -0.1) is 0 Å². The molecular formula is C13H19N5O. The number of anilines is 2. The second kappa shape index (κ2) is 4.70. The minimum absolute atomic E-state index is 0.302. The van der Waals surface area contributed by atoms with Gasteiger partial charge < -0.3 is 19.7 Å². The first-order chi connectivity index (χ1) is 9.19. The molecule has 3 heterocycles. The molecule has 1 aliphatic rings. The molecule has 0 radical (unpaired) electrons. The highest BCUT2D eigenvalue weighted by molar-refractivity contribution is 5.67. The van der Waals surface area contributed by atoms with E-state index in [9.17, 15) is 5.11 Å². The molecular weight excluding hydrogens is 242 g/mol. The SMILES string of the molecule is CNc1cn2ccnc2c(N2CCC(C)C(O)C2)n1. The van der Waals surface area contributed by atoms with E-state index in [-0.39, 0.29) is 6.10 Å². The summed E-state index contributed by atoms with van der Waals surface area (Å²) in [5, 5.41) is 13.1. The third kappa shape index (κ3) is 2.12. The molecule has 1 fully saturated rings. The fourth-order valence-corrected chi connectivity index (χ4v) is 2.49. The quantitative estimate of drug-likeness (QED) is 0.843. The summed E-state index contributed by atoms with van der Waals surface area (Å²) >= 11 is 0.